The highest BCUT2D eigenvalue weighted by Gasteiger charge is 2.44. The van der Waals surface area contributed by atoms with Crippen LogP contribution in [-0.4, -0.2) is 36.2 Å². The van der Waals surface area contributed by atoms with Crippen molar-refractivity contribution in [1.82, 2.24) is 5.32 Å². The fourth-order valence-corrected chi connectivity index (χ4v) is 2.96. The van der Waals surface area contributed by atoms with Gasteiger partial charge in [-0.2, -0.15) is 0 Å². The van der Waals surface area contributed by atoms with Gasteiger partial charge in [-0.15, -0.1) is 0 Å². The predicted molar refractivity (Wildman–Crippen MR) is 74.2 cm³/mol. The number of nitrogens with one attached hydrogen (secondary N) is 1. The Labute approximate surface area is 120 Å². The molecular formula is C15H25NO4. The van der Waals surface area contributed by atoms with Gasteiger partial charge in [0.25, 0.3) is 0 Å². The zero-order chi connectivity index (χ0) is 14.6. The van der Waals surface area contributed by atoms with Crippen LogP contribution in [-0.2, 0) is 19.1 Å². The Morgan fingerprint density at radius 3 is 2.45 bits per heavy atom. The van der Waals surface area contributed by atoms with E-state index in [-0.39, 0.29) is 18.0 Å². The SMILES string of the molecule is CC(C)OC(=O)C1(NC(=O)[C@H]2CCCO2)CCCCC1. The monoisotopic (exact) mass is 283 g/mol. The molecule has 1 saturated heterocycles. The van der Waals surface area contributed by atoms with E-state index in [0.29, 0.717) is 19.4 Å². The number of carbonyl (C=O) groups is 2. The zero-order valence-electron chi connectivity index (χ0n) is 12.4. The number of esters is 1. The second kappa shape index (κ2) is 6.57. The quantitative estimate of drug-likeness (QED) is 0.801. The van der Waals surface area contributed by atoms with Crippen molar-refractivity contribution in [2.75, 3.05) is 6.61 Å². The second-order valence-corrected chi connectivity index (χ2v) is 6.09. The van der Waals surface area contributed by atoms with Crippen LogP contribution in [0.3, 0.4) is 0 Å². The Morgan fingerprint density at radius 2 is 1.90 bits per heavy atom. The highest BCUT2D eigenvalue weighted by Crippen LogP contribution is 2.30. The third-order valence-electron chi connectivity index (χ3n) is 4.03. The van der Waals surface area contributed by atoms with Crippen molar-refractivity contribution in [3.63, 3.8) is 0 Å². The smallest absolute Gasteiger partial charge is 0.332 e. The van der Waals surface area contributed by atoms with E-state index in [1.807, 2.05) is 13.8 Å². The number of hydrogen-bond donors (Lipinski definition) is 1. The van der Waals surface area contributed by atoms with Gasteiger partial charge in [-0.3, -0.25) is 4.79 Å². The van der Waals surface area contributed by atoms with Gasteiger partial charge in [0, 0.05) is 6.61 Å². The molecule has 1 atom stereocenters. The summed E-state index contributed by atoms with van der Waals surface area (Å²) < 4.78 is 10.8. The zero-order valence-corrected chi connectivity index (χ0v) is 12.4. The van der Waals surface area contributed by atoms with Crippen LogP contribution in [0.4, 0.5) is 0 Å². The number of rotatable bonds is 4. The predicted octanol–water partition coefficient (Wildman–Crippen LogP) is 1.94. The Balaban J connectivity index is 2.05. The van der Waals surface area contributed by atoms with Crippen LogP contribution in [0.5, 0.6) is 0 Å². The van der Waals surface area contributed by atoms with Crippen LogP contribution in [0, 0.1) is 0 Å². The number of ether oxygens (including phenoxy) is 2. The van der Waals surface area contributed by atoms with Crippen molar-refractivity contribution in [3.8, 4) is 0 Å². The molecule has 1 heterocycles. The molecule has 0 aromatic heterocycles. The van der Waals surface area contributed by atoms with Gasteiger partial charge in [0.2, 0.25) is 5.91 Å². The van der Waals surface area contributed by atoms with Crippen molar-refractivity contribution in [2.45, 2.75) is 76.5 Å². The minimum atomic E-state index is -0.842. The van der Waals surface area contributed by atoms with Crippen molar-refractivity contribution in [1.29, 1.82) is 0 Å². The van der Waals surface area contributed by atoms with Crippen molar-refractivity contribution >= 4 is 11.9 Å². The second-order valence-electron chi connectivity index (χ2n) is 6.09. The van der Waals surface area contributed by atoms with Crippen molar-refractivity contribution in [2.24, 2.45) is 0 Å². The molecule has 20 heavy (non-hydrogen) atoms. The lowest BCUT2D eigenvalue weighted by Gasteiger charge is -2.36. The Hall–Kier alpha value is -1.10. The largest absolute Gasteiger partial charge is 0.461 e. The average molecular weight is 283 g/mol. The molecule has 5 nitrogen and oxygen atoms in total. The molecule has 1 aliphatic heterocycles. The molecular weight excluding hydrogens is 258 g/mol. The van der Waals surface area contributed by atoms with E-state index in [0.717, 1.165) is 32.1 Å². The standard InChI is InChI=1S/C15H25NO4/c1-11(2)20-14(18)15(8-4-3-5-9-15)16-13(17)12-7-6-10-19-12/h11-12H,3-10H2,1-2H3,(H,16,17)/t12-/m1/s1. The third-order valence-corrected chi connectivity index (χ3v) is 4.03. The van der Waals surface area contributed by atoms with E-state index in [4.69, 9.17) is 9.47 Å². The van der Waals surface area contributed by atoms with E-state index >= 15 is 0 Å². The maximum absolute atomic E-state index is 12.4. The van der Waals surface area contributed by atoms with Crippen LogP contribution in [0.2, 0.25) is 0 Å². The number of hydrogen-bond acceptors (Lipinski definition) is 4. The maximum Gasteiger partial charge on any atom is 0.332 e. The molecule has 1 saturated carbocycles. The normalized spacial score (nSPS) is 25.4. The molecule has 114 valence electrons. The van der Waals surface area contributed by atoms with Crippen LogP contribution >= 0.6 is 0 Å². The number of amides is 1. The Morgan fingerprint density at radius 1 is 1.20 bits per heavy atom. The molecule has 0 radical (unpaired) electrons. The van der Waals surface area contributed by atoms with Crippen molar-refractivity contribution < 1.29 is 19.1 Å². The number of carbonyl (C=O) groups excluding carboxylic acids is 2. The fourth-order valence-electron chi connectivity index (χ4n) is 2.96. The van der Waals surface area contributed by atoms with Gasteiger partial charge in [-0.1, -0.05) is 19.3 Å². The van der Waals surface area contributed by atoms with Crippen molar-refractivity contribution in [3.05, 3.63) is 0 Å². The molecule has 2 aliphatic rings. The fraction of sp³-hybridized carbons (Fsp3) is 0.867. The van der Waals surface area contributed by atoms with Crippen LogP contribution in [0.1, 0.15) is 58.8 Å². The summed E-state index contributed by atoms with van der Waals surface area (Å²) in [4.78, 5) is 24.7. The van der Waals surface area contributed by atoms with E-state index < -0.39 is 11.6 Å². The first-order valence-corrected chi connectivity index (χ1v) is 7.68. The molecule has 2 fully saturated rings. The van der Waals surface area contributed by atoms with Crippen LogP contribution < -0.4 is 5.32 Å². The summed E-state index contributed by atoms with van der Waals surface area (Å²) in [6.45, 7) is 4.29. The molecule has 1 aliphatic carbocycles. The van der Waals surface area contributed by atoms with E-state index in [1.54, 1.807) is 0 Å². The summed E-state index contributed by atoms with van der Waals surface area (Å²) in [6.07, 6.45) is 5.39. The summed E-state index contributed by atoms with van der Waals surface area (Å²) in [5.74, 6) is -0.455. The van der Waals surface area contributed by atoms with Gasteiger partial charge in [-0.05, 0) is 39.5 Å². The molecule has 0 aromatic carbocycles. The van der Waals surface area contributed by atoms with Gasteiger partial charge in [0.05, 0.1) is 6.10 Å². The van der Waals surface area contributed by atoms with Gasteiger partial charge in [-0.25, -0.2) is 4.79 Å². The van der Waals surface area contributed by atoms with Gasteiger partial charge in [0.15, 0.2) is 0 Å². The molecule has 1 N–H and O–H groups in total. The first-order valence-electron chi connectivity index (χ1n) is 7.68. The van der Waals surface area contributed by atoms with Crippen LogP contribution in [0.25, 0.3) is 0 Å². The molecule has 1 amide bonds. The lowest BCUT2D eigenvalue weighted by molar-refractivity contribution is -0.160. The van der Waals surface area contributed by atoms with E-state index in [2.05, 4.69) is 5.32 Å². The molecule has 2 rings (SSSR count). The summed E-state index contributed by atoms with van der Waals surface area (Å²) >= 11 is 0. The molecule has 0 unspecified atom stereocenters. The first kappa shape index (κ1) is 15.3. The minimum Gasteiger partial charge on any atom is -0.461 e. The summed E-state index contributed by atoms with van der Waals surface area (Å²) in [7, 11) is 0. The minimum absolute atomic E-state index is 0.162. The molecule has 0 bridgehead atoms. The average Bonchev–Trinajstić information content (AvgIpc) is 2.93. The third kappa shape index (κ3) is 3.51. The van der Waals surface area contributed by atoms with E-state index in [9.17, 15) is 9.59 Å². The summed E-state index contributed by atoms with van der Waals surface area (Å²) in [6, 6.07) is 0. The van der Waals surface area contributed by atoms with Gasteiger partial charge >= 0.3 is 5.97 Å². The lowest BCUT2D eigenvalue weighted by Crippen LogP contribution is -2.58. The summed E-state index contributed by atoms with van der Waals surface area (Å²) in [5, 5.41) is 2.94. The topological polar surface area (TPSA) is 64.6 Å². The Bertz CT molecular complexity index is 355. The summed E-state index contributed by atoms with van der Waals surface area (Å²) in [5.41, 5.74) is -0.842. The highest BCUT2D eigenvalue weighted by atomic mass is 16.5. The van der Waals surface area contributed by atoms with E-state index in [1.165, 1.54) is 0 Å². The van der Waals surface area contributed by atoms with Gasteiger partial charge in [0.1, 0.15) is 11.6 Å². The Kier molecular flexibility index (Phi) is 5.02. The van der Waals surface area contributed by atoms with Crippen LogP contribution in [0.15, 0.2) is 0 Å². The lowest BCUT2D eigenvalue weighted by atomic mass is 9.81. The molecule has 5 heteroatoms. The first-order chi connectivity index (χ1) is 9.53. The van der Waals surface area contributed by atoms with Gasteiger partial charge < -0.3 is 14.8 Å². The highest BCUT2D eigenvalue weighted by molar-refractivity contribution is 5.90. The molecule has 0 spiro atoms. The maximum atomic E-state index is 12.4. The molecule has 0 aromatic rings.